The molecular formula is C17H12N4O3S2. The lowest BCUT2D eigenvalue weighted by atomic mass is 10.2. The Morgan fingerprint density at radius 2 is 2.12 bits per heavy atom. The zero-order valence-electron chi connectivity index (χ0n) is 13.2. The van der Waals surface area contributed by atoms with Gasteiger partial charge in [0.2, 0.25) is 11.0 Å². The molecule has 0 fully saturated rings. The zero-order chi connectivity index (χ0) is 17.9. The number of benzene rings is 1. The van der Waals surface area contributed by atoms with Crippen LogP contribution < -0.4 is 5.32 Å². The number of phenolic OH excluding ortho intramolecular Hbond substituents is 1. The first kappa shape index (κ1) is 16.4. The van der Waals surface area contributed by atoms with Gasteiger partial charge in [-0.25, -0.2) is 4.98 Å². The molecule has 1 aromatic carbocycles. The fraction of sp³-hybridized carbons (Fsp3) is 0.0588. The van der Waals surface area contributed by atoms with Gasteiger partial charge in [-0.15, -0.1) is 21.5 Å². The molecule has 4 aromatic rings. The first-order valence-corrected chi connectivity index (χ1v) is 9.27. The molecule has 0 spiro atoms. The molecule has 1 amide bonds. The third-order valence-corrected chi connectivity index (χ3v) is 5.25. The van der Waals surface area contributed by atoms with E-state index in [9.17, 15) is 9.90 Å². The van der Waals surface area contributed by atoms with E-state index in [2.05, 4.69) is 20.5 Å². The van der Waals surface area contributed by atoms with E-state index in [0.717, 1.165) is 16.1 Å². The minimum absolute atomic E-state index is 0.148. The minimum Gasteiger partial charge on any atom is -0.508 e. The number of phenols is 1. The highest BCUT2D eigenvalue weighted by Gasteiger charge is 2.13. The number of hydrogen-bond acceptors (Lipinski definition) is 8. The van der Waals surface area contributed by atoms with E-state index in [-0.39, 0.29) is 18.1 Å². The van der Waals surface area contributed by atoms with E-state index in [1.165, 1.54) is 22.7 Å². The normalized spacial score (nSPS) is 10.8. The first-order valence-electron chi connectivity index (χ1n) is 7.57. The number of thiazole rings is 1. The Kier molecular flexibility index (Phi) is 4.46. The number of carbonyl (C=O) groups is 1. The summed E-state index contributed by atoms with van der Waals surface area (Å²) in [7, 11) is 0. The number of rotatable bonds is 5. The van der Waals surface area contributed by atoms with Crippen molar-refractivity contribution in [1.82, 2.24) is 15.2 Å². The maximum Gasteiger partial charge on any atom is 0.232 e. The molecule has 0 unspecified atom stereocenters. The van der Waals surface area contributed by atoms with Crippen LogP contribution in [-0.2, 0) is 11.2 Å². The molecular weight excluding hydrogens is 372 g/mol. The highest BCUT2D eigenvalue weighted by atomic mass is 32.1. The molecule has 0 aliphatic carbocycles. The molecule has 2 N–H and O–H groups in total. The van der Waals surface area contributed by atoms with Crippen molar-refractivity contribution in [3.05, 3.63) is 53.9 Å². The van der Waals surface area contributed by atoms with E-state index < -0.39 is 0 Å². The van der Waals surface area contributed by atoms with Crippen molar-refractivity contribution >= 4 is 33.7 Å². The molecule has 0 aliphatic heterocycles. The fourth-order valence-electron chi connectivity index (χ4n) is 2.26. The van der Waals surface area contributed by atoms with Gasteiger partial charge in [-0.2, -0.15) is 0 Å². The first-order chi connectivity index (χ1) is 12.7. The van der Waals surface area contributed by atoms with Crippen molar-refractivity contribution in [2.75, 3.05) is 5.32 Å². The fourth-order valence-corrected chi connectivity index (χ4v) is 3.83. The van der Waals surface area contributed by atoms with Crippen molar-refractivity contribution in [2.24, 2.45) is 0 Å². The van der Waals surface area contributed by atoms with Crippen LogP contribution in [0, 0.1) is 0 Å². The predicted molar refractivity (Wildman–Crippen MR) is 99.2 cm³/mol. The lowest BCUT2D eigenvalue weighted by molar-refractivity contribution is -0.115. The summed E-state index contributed by atoms with van der Waals surface area (Å²) in [6.45, 7) is 0. The van der Waals surface area contributed by atoms with Crippen LogP contribution in [0.15, 0.2) is 52.7 Å². The number of nitrogens with one attached hydrogen (secondary N) is 1. The molecule has 3 heterocycles. The van der Waals surface area contributed by atoms with Crippen molar-refractivity contribution < 1.29 is 14.3 Å². The van der Waals surface area contributed by atoms with Gasteiger partial charge in [0.25, 0.3) is 0 Å². The molecule has 9 heteroatoms. The van der Waals surface area contributed by atoms with Crippen LogP contribution in [0.4, 0.5) is 5.13 Å². The second kappa shape index (κ2) is 7.06. The highest BCUT2D eigenvalue weighted by molar-refractivity contribution is 7.18. The van der Waals surface area contributed by atoms with Gasteiger partial charge in [-0.3, -0.25) is 4.79 Å². The number of aromatic hydroxyl groups is 1. The third kappa shape index (κ3) is 3.63. The lowest BCUT2D eigenvalue weighted by Gasteiger charge is -1.98. The van der Waals surface area contributed by atoms with Crippen LogP contribution in [0.3, 0.4) is 0 Å². The molecule has 4 rings (SSSR count). The van der Waals surface area contributed by atoms with Crippen LogP contribution >= 0.6 is 22.7 Å². The number of carbonyl (C=O) groups excluding carboxylic acids is 1. The summed E-state index contributed by atoms with van der Waals surface area (Å²) in [5.41, 5.74) is 2.32. The number of aromatic nitrogens is 3. The number of furan rings is 1. The Morgan fingerprint density at radius 1 is 1.19 bits per heavy atom. The zero-order valence-corrected chi connectivity index (χ0v) is 14.9. The van der Waals surface area contributed by atoms with E-state index >= 15 is 0 Å². The molecule has 3 aromatic heterocycles. The Bertz CT molecular complexity index is 1040. The largest absolute Gasteiger partial charge is 0.508 e. The predicted octanol–water partition coefficient (Wildman–Crippen LogP) is 3.81. The number of amides is 1. The minimum atomic E-state index is -0.215. The van der Waals surface area contributed by atoms with E-state index in [4.69, 9.17) is 4.42 Å². The van der Waals surface area contributed by atoms with E-state index in [0.29, 0.717) is 15.8 Å². The van der Waals surface area contributed by atoms with Crippen LogP contribution in [0.2, 0.25) is 0 Å². The number of anilines is 1. The van der Waals surface area contributed by atoms with Crippen LogP contribution in [0.1, 0.15) is 5.69 Å². The summed E-state index contributed by atoms with van der Waals surface area (Å²) < 4.78 is 5.04. The molecule has 0 saturated heterocycles. The second-order valence-corrected chi connectivity index (χ2v) is 7.18. The molecule has 0 atom stereocenters. The maximum absolute atomic E-state index is 12.2. The van der Waals surface area contributed by atoms with Gasteiger partial charge in [0, 0.05) is 16.5 Å². The summed E-state index contributed by atoms with van der Waals surface area (Å²) >= 11 is 2.70. The van der Waals surface area contributed by atoms with Gasteiger partial charge >= 0.3 is 0 Å². The number of hydrogen-bond donors (Lipinski definition) is 2. The van der Waals surface area contributed by atoms with Crippen molar-refractivity contribution in [1.29, 1.82) is 0 Å². The van der Waals surface area contributed by atoms with Gasteiger partial charge in [0.05, 0.1) is 18.4 Å². The van der Waals surface area contributed by atoms with Gasteiger partial charge in [-0.05, 0) is 18.2 Å². The maximum atomic E-state index is 12.2. The van der Waals surface area contributed by atoms with Gasteiger partial charge < -0.3 is 14.8 Å². The number of nitrogens with zero attached hydrogens (tertiary/aromatic N) is 3. The Balaban J connectivity index is 1.41. The van der Waals surface area contributed by atoms with Gasteiger partial charge in [0.15, 0.2) is 0 Å². The SMILES string of the molecule is O=C(Cc1csc(-c2ccoc2)n1)Nc1nnc(-c2cccc(O)c2)s1. The van der Waals surface area contributed by atoms with Gasteiger partial charge in [0.1, 0.15) is 22.0 Å². The Labute approximate surface area is 156 Å². The smallest absolute Gasteiger partial charge is 0.232 e. The quantitative estimate of drug-likeness (QED) is 0.543. The molecule has 7 nitrogen and oxygen atoms in total. The topological polar surface area (TPSA) is 101 Å². The average Bonchev–Trinajstić information content (AvgIpc) is 3.36. The Hall–Kier alpha value is -3.04. The molecule has 26 heavy (non-hydrogen) atoms. The van der Waals surface area contributed by atoms with Crippen molar-refractivity contribution in [2.45, 2.75) is 6.42 Å². The van der Waals surface area contributed by atoms with Crippen LogP contribution in [0.5, 0.6) is 5.75 Å². The summed E-state index contributed by atoms with van der Waals surface area (Å²) in [5.74, 6) is -0.0621. The van der Waals surface area contributed by atoms with Crippen molar-refractivity contribution in [3.8, 4) is 26.9 Å². The van der Waals surface area contributed by atoms with E-state index in [1.54, 1.807) is 30.7 Å². The monoisotopic (exact) mass is 384 g/mol. The molecule has 0 aliphatic rings. The van der Waals surface area contributed by atoms with E-state index in [1.807, 2.05) is 17.5 Å². The average molecular weight is 384 g/mol. The summed E-state index contributed by atoms with van der Waals surface area (Å²) in [5, 5.41) is 24.0. The highest BCUT2D eigenvalue weighted by Crippen LogP contribution is 2.28. The third-order valence-electron chi connectivity index (χ3n) is 3.43. The molecule has 0 bridgehead atoms. The van der Waals surface area contributed by atoms with Crippen LogP contribution in [0.25, 0.3) is 21.1 Å². The Morgan fingerprint density at radius 3 is 2.92 bits per heavy atom. The molecule has 130 valence electrons. The lowest BCUT2D eigenvalue weighted by Crippen LogP contribution is -2.14. The summed E-state index contributed by atoms with van der Waals surface area (Å²) in [4.78, 5) is 16.6. The second-order valence-electron chi connectivity index (χ2n) is 5.34. The summed E-state index contributed by atoms with van der Waals surface area (Å²) in [6, 6.07) is 8.55. The van der Waals surface area contributed by atoms with Gasteiger partial charge in [-0.1, -0.05) is 23.5 Å². The standard InChI is InChI=1S/C17H12N4O3S2/c22-13-3-1-2-10(6-13)16-20-21-17(26-16)19-14(23)7-12-9-25-15(18-12)11-4-5-24-8-11/h1-6,8-9,22H,7H2,(H,19,21,23). The van der Waals surface area contributed by atoms with Crippen LogP contribution in [-0.4, -0.2) is 26.2 Å². The molecule has 0 saturated carbocycles. The molecule has 0 radical (unpaired) electrons. The summed E-state index contributed by atoms with van der Waals surface area (Å²) in [6.07, 6.45) is 3.35. The van der Waals surface area contributed by atoms with Crippen molar-refractivity contribution in [3.63, 3.8) is 0 Å².